The molecule has 0 bridgehead atoms. The van der Waals surface area contributed by atoms with Crippen LogP contribution in [0.5, 0.6) is 0 Å². The Morgan fingerprint density at radius 1 is 1.11 bits per heavy atom. The summed E-state index contributed by atoms with van der Waals surface area (Å²) in [5, 5.41) is 0. The molecule has 0 saturated carbocycles. The first-order chi connectivity index (χ1) is 13.0. The minimum Gasteiger partial charge on any atom is -0.385 e. The van der Waals surface area contributed by atoms with Gasteiger partial charge in [-0.25, -0.2) is 23.0 Å². The summed E-state index contributed by atoms with van der Waals surface area (Å²) in [6.07, 6.45) is 0. The van der Waals surface area contributed by atoms with Crippen LogP contribution in [0.25, 0.3) is 33.1 Å². The van der Waals surface area contributed by atoms with Crippen LogP contribution in [0, 0.1) is 18.2 Å². The summed E-state index contributed by atoms with van der Waals surface area (Å²) in [6.45, 7) is 7.06. The van der Waals surface area contributed by atoms with E-state index < -0.39 is 17.2 Å². The van der Waals surface area contributed by atoms with Crippen molar-refractivity contribution in [2.75, 3.05) is 5.73 Å². The van der Waals surface area contributed by atoms with Gasteiger partial charge in [0.25, 0.3) is 5.56 Å². The van der Waals surface area contributed by atoms with E-state index in [4.69, 9.17) is 12.3 Å². The number of imidazole rings is 1. The summed E-state index contributed by atoms with van der Waals surface area (Å²) in [7, 11) is 0. The first-order valence-electron chi connectivity index (χ1n) is 7.82. The molecule has 0 spiro atoms. The quantitative estimate of drug-likeness (QED) is 0.532. The van der Waals surface area contributed by atoms with E-state index in [2.05, 4.69) is 14.8 Å². The lowest BCUT2D eigenvalue weighted by Gasteiger charge is -2.07. The van der Waals surface area contributed by atoms with Gasteiger partial charge in [-0.05, 0) is 17.7 Å². The van der Waals surface area contributed by atoms with Crippen LogP contribution < -0.4 is 11.3 Å². The van der Waals surface area contributed by atoms with Crippen LogP contribution in [0.1, 0.15) is 0 Å². The zero-order chi connectivity index (χ0) is 19.1. The number of H-pyrrole nitrogens is 1. The Morgan fingerprint density at radius 2 is 1.85 bits per heavy atom. The van der Waals surface area contributed by atoms with Gasteiger partial charge >= 0.3 is 0 Å². The third-order valence-electron chi connectivity index (χ3n) is 4.09. The fourth-order valence-corrected chi connectivity index (χ4v) is 2.91. The maximum absolute atomic E-state index is 14.4. The zero-order valence-corrected chi connectivity index (χ0v) is 13.7. The molecule has 27 heavy (non-hydrogen) atoms. The molecule has 2 aromatic carbocycles. The van der Waals surface area contributed by atoms with E-state index in [9.17, 15) is 13.6 Å². The summed E-state index contributed by atoms with van der Waals surface area (Å²) < 4.78 is 29.0. The molecule has 4 rings (SSSR count). The molecule has 6 nitrogen and oxygen atoms in total. The average molecular weight is 363 g/mol. The molecule has 132 valence electrons. The van der Waals surface area contributed by atoms with Gasteiger partial charge in [0.1, 0.15) is 23.1 Å². The monoisotopic (exact) mass is 363 g/mol. The normalized spacial score (nSPS) is 10.9. The van der Waals surface area contributed by atoms with Crippen LogP contribution in [0.3, 0.4) is 0 Å². The maximum Gasteiger partial charge on any atom is 0.261 e. The molecule has 3 N–H and O–H groups in total. The van der Waals surface area contributed by atoms with Gasteiger partial charge in [0.05, 0.1) is 12.3 Å². The third-order valence-corrected chi connectivity index (χ3v) is 4.09. The van der Waals surface area contributed by atoms with Gasteiger partial charge in [0.15, 0.2) is 5.69 Å². The third kappa shape index (κ3) is 2.71. The second kappa shape index (κ2) is 6.07. The lowest BCUT2D eigenvalue weighted by atomic mass is 10.0. The Kier molecular flexibility index (Phi) is 3.70. The van der Waals surface area contributed by atoms with Crippen LogP contribution in [0.15, 0.2) is 53.3 Å². The fraction of sp³-hybridized carbons (Fsp3) is 0. The van der Waals surface area contributed by atoms with Crippen LogP contribution in [-0.4, -0.2) is 14.4 Å². The SMILES string of the molecule is [C-]#[N+]c1ccc(-c2c(-c3ccc(F)cc3F)nc3[nH]c(N)cc(=O)n23)cc1. The van der Waals surface area contributed by atoms with E-state index in [0.29, 0.717) is 16.9 Å². The minimum absolute atomic E-state index is 0.0377. The molecule has 0 atom stereocenters. The largest absolute Gasteiger partial charge is 0.385 e. The number of anilines is 1. The van der Waals surface area contributed by atoms with Gasteiger partial charge < -0.3 is 10.7 Å². The number of nitrogens with zero attached hydrogens (tertiary/aromatic N) is 3. The highest BCUT2D eigenvalue weighted by Gasteiger charge is 2.21. The number of aromatic amines is 1. The van der Waals surface area contributed by atoms with Gasteiger partial charge in [0.2, 0.25) is 5.78 Å². The molecular formula is C19H11F2N5O. The highest BCUT2D eigenvalue weighted by atomic mass is 19.1. The molecular weight excluding hydrogens is 352 g/mol. The van der Waals surface area contributed by atoms with Gasteiger partial charge in [-0.3, -0.25) is 4.79 Å². The van der Waals surface area contributed by atoms with Crippen LogP contribution in [0.4, 0.5) is 20.3 Å². The Balaban J connectivity index is 2.10. The van der Waals surface area contributed by atoms with Crippen molar-refractivity contribution in [3.8, 4) is 22.5 Å². The number of aromatic nitrogens is 3. The second-order valence-electron chi connectivity index (χ2n) is 5.81. The number of nitrogens with two attached hydrogens (primary N) is 1. The van der Waals surface area contributed by atoms with Gasteiger partial charge in [-0.1, -0.05) is 24.3 Å². The number of fused-ring (bicyclic) bond motifs is 1. The van der Waals surface area contributed by atoms with E-state index in [-0.39, 0.29) is 22.9 Å². The van der Waals surface area contributed by atoms with Gasteiger partial charge in [0, 0.05) is 17.7 Å². The number of nitrogen functional groups attached to an aromatic ring is 1. The summed E-state index contributed by atoms with van der Waals surface area (Å²) >= 11 is 0. The molecule has 0 radical (unpaired) electrons. The second-order valence-corrected chi connectivity index (χ2v) is 5.81. The first kappa shape index (κ1) is 16.5. The van der Waals surface area contributed by atoms with Crippen molar-refractivity contribution in [2.24, 2.45) is 0 Å². The van der Waals surface area contributed by atoms with Crippen LogP contribution in [-0.2, 0) is 0 Å². The van der Waals surface area contributed by atoms with Crippen LogP contribution in [0.2, 0.25) is 0 Å². The van der Waals surface area contributed by atoms with Gasteiger partial charge in [-0.15, -0.1) is 0 Å². The molecule has 2 aromatic heterocycles. The van der Waals surface area contributed by atoms with E-state index in [1.54, 1.807) is 24.3 Å². The minimum atomic E-state index is -0.808. The molecule has 4 aromatic rings. The molecule has 0 saturated heterocycles. The van der Waals surface area contributed by atoms with E-state index in [1.165, 1.54) is 16.5 Å². The first-order valence-corrected chi connectivity index (χ1v) is 7.82. The predicted octanol–water partition coefficient (Wildman–Crippen LogP) is 3.77. The molecule has 0 unspecified atom stereocenters. The molecule has 8 heteroatoms. The van der Waals surface area contributed by atoms with E-state index in [1.807, 2.05) is 0 Å². The summed E-state index contributed by atoms with van der Waals surface area (Å²) in [6, 6.07) is 10.8. The number of benzene rings is 2. The topological polar surface area (TPSA) is 80.5 Å². The molecule has 0 aliphatic carbocycles. The molecule has 2 heterocycles. The molecule has 0 amide bonds. The van der Waals surface area contributed by atoms with Gasteiger partial charge in [-0.2, -0.15) is 0 Å². The zero-order valence-electron chi connectivity index (χ0n) is 13.7. The molecule has 0 aliphatic rings. The van der Waals surface area contributed by atoms with Crippen molar-refractivity contribution in [3.05, 3.63) is 81.9 Å². The summed E-state index contributed by atoms with van der Waals surface area (Å²) in [5.41, 5.74) is 6.70. The van der Waals surface area contributed by atoms with Crippen molar-refractivity contribution in [2.45, 2.75) is 0 Å². The van der Waals surface area contributed by atoms with Crippen molar-refractivity contribution >= 4 is 17.3 Å². The average Bonchev–Trinajstić information content (AvgIpc) is 3.01. The summed E-state index contributed by atoms with van der Waals surface area (Å²) in [4.78, 5) is 22.9. The highest BCUT2D eigenvalue weighted by molar-refractivity contribution is 5.82. The van der Waals surface area contributed by atoms with Crippen molar-refractivity contribution in [1.82, 2.24) is 14.4 Å². The highest BCUT2D eigenvalue weighted by Crippen LogP contribution is 2.34. The number of hydrogen-bond donors (Lipinski definition) is 2. The predicted molar refractivity (Wildman–Crippen MR) is 97.3 cm³/mol. The Bertz CT molecular complexity index is 1280. The maximum atomic E-state index is 14.4. The van der Waals surface area contributed by atoms with Crippen molar-refractivity contribution in [3.63, 3.8) is 0 Å². The smallest absolute Gasteiger partial charge is 0.261 e. The number of hydrogen-bond acceptors (Lipinski definition) is 3. The lowest BCUT2D eigenvalue weighted by Crippen LogP contribution is -2.15. The molecule has 0 aliphatic heterocycles. The van der Waals surface area contributed by atoms with Crippen molar-refractivity contribution in [1.29, 1.82) is 0 Å². The Morgan fingerprint density at radius 3 is 2.52 bits per heavy atom. The number of rotatable bonds is 2. The summed E-state index contributed by atoms with van der Waals surface area (Å²) in [5.74, 6) is -1.29. The fourth-order valence-electron chi connectivity index (χ4n) is 2.91. The number of halogens is 2. The van der Waals surface area contributed by atoms with Crippen molar-refractivity contribution < 1.29 is 8.78 Å². The van der Waals surface area contributed by atoms with E-state index >= 15 is 0 Å². The lowest BCUT2D eigenvalue weighted by molar-refractivity contribution is 0.585. The Hall–Kier alpha value is -3.99. The van der Waals surface area contributed by atoms with Crippen LogP contribution >= 0.6 is 0 Å². The standard InChI is InChI=1S/C19H11F2N5O/c1-23-12-5-2-10(3-6-12)18-17(13-7-4-11(20)8-14(13)21)25-19-24-15(22)9-16(27)26(18)19/h2-9H,22H2,(H,24,25). The number of nitrogens with one attached hydrogen (secondary N) is 1. The van der Waals surface area contributed by atoms with E-state index in [0.717, 1.165) is 12.1 Å². The Labute approximate surface area is 151 Å². The molecule has 0 fully saturated rings.